The van der Waals surface area contributed by atoms with E-state index in [1.807, 2.05) is 6.20 Å². The molecule has 0 amide bonds. The molecule has 0 saturated carbocycles. The molecule has 0 bridgehead atoms. The summed E-state index contributed by atoms with van der Waals surface area (Å²) in [5.41, 5.74) is 2.31. The average molecular weight is 407 g/mol. The highest BCUT2D eigenvalue weighted by Crippen LogP contribution is 2.26. The Morgan fingerprint density at radius 2 is 1.24 bits per heavy atom. The first-order valence-electron chi connectivity index (χ1n) is 11.6. The Hall–Kier alpha value is -1.00. The minimum absolute atomic E-state index is 0.187. The lowest BCUT2D eigenvalue weighted by atomic mass is 9.82. The SMILES string of the molecule is C=C1NC=C(C(C)(C)C)N1.CC(C)(C)C1CCCCN1.CC(C)(C)C1CCCN1. The summed E-state index contributed by atoms with van der Waals surface area (Å²) in [7, 11) is 0. The van der Waals surface area contributed by atoms with Crippen LogP contribution in [0.15, 0.2) is 24.3 Å². The summed E-state index contributed by atoms with van der Waals surface area (Å²) in [5.74, 6) is 0.866. The molecular weight excluding hydrogens is 356 g/mol. The second kappa shape index (κ2) is 10.9. The van der Waals surface area contributed by atoms with Gasteiger partial charge in [-0.15, -0.1) is 0 Å². The number of rotatable bonds is 0. The first kappa shape index (κ1) is 26.0. The lowest BCUT2D eigenvalue weighted by molar-refractivity contribution is 0.226. The monoisotopic (exact) mass is 406 g/mol. The van der Waals surface area contributed by atoms with Crippen molar-refractivity contribution in [2.24, 2.45) is 16.2 Å². The molecule has 29 heavy (non-hydrogen) atoms. The second-order valence-corrected chi connectivity index (χ2v) is 11.9. The van der Waals surface area contributed by atoms with Crippen molar-refractivity contribution in [3.05, 3.63) is 24.3 Å². The predicted molar refractivity (Wildman–Crippen MR) is 129 cm³/mol. The standard InChI is InChI=1S/C9H19N.C8H14N2.C8H17N/c1-9(2,3)8-6-4-5-7-10-8;1-6-9-5-7(10-6)8(2,3)4;1-8(2,3)7-5-4-6-9-7/h8,10H,4-7H2,1-3H3;5,9-10H,1H2,2-4H3;7,9H,4-6H2,1-3H3. The quantitative estimate of drug-likeness (QED) is 0.429. The van der Waals surface area contributed by atoms with Gasteiger partial charge in [0, 0.05) is 29.4 Å². The van der Waals surface area contributed by atoms with Gasteiger partial charge in [0.05, 0.1) is 5.82 Å². The van der Waals surface area contributed by atoms with E-state index in [1.54, 1.807) is 0 Å². The fraction of sp³-hybridized carbons (Fsp3) is 0.840. The number of piperidine rings is 1. The molecule has 0 aromatic carbocycles. The van der Waals surface area contributed by atoms with E-state index in [0.717, 1.165) is 17.9 Å². The number of nitrogens with one attached hydrogen (secondary N) is 4. The van der Waals surface area contributed by atoms with E-state index in [4.69, 9.17) is 0 Å². The van der Waals surface area contributed by atoms with Gasteiger partial charge in [-0.05, 0) is 49.6 Å². The summed E-state index contributed by atoms with van der Waals surface area (Å²) in [6.45, 7) is 26.5. The van der Waals surface area contributed by atoms with Crippen molar-refractivity contribution in [1.29, 1.82) is 0 Å². The van der Waals surface area contributed by atoms with E-state index in [9.17, 15) is 0 Å². The maximum absolute atomic E-state index is 3.74. The molecule has 0 aliphatic carbocycles. The molecule has 3 rings (SSSR count). The average Bonchev–Trinajstić information content (AvgIpc) is 3.26. The summed E-state index contributed by atoms with van der Waals surface area (Å²) in [6, 6.07) is 1.51. The third-order valence-corrected chi connectivity index (χ3v) is 5.95. The van der Waals surface area contributed by atoms with Crippen LogP contribution in [0.25, 0.3) is 0 Å². The summed E-state index contributed by atoms with van der Waals surface area (Å²) in [6.07, 6.45) is 8.83. The van der Waals surface area contributed by atoms with Gasteiger partial charge in [0.15, 0.2) is 0 Å². The normalized spacial score (nSPS) is 25.0. The van der Waals surface area contributed by atoms with Gasteiger partial charge in [0.25, 0.3) is 0 Å². The first-order valence-corrected chi connectivity index (χ1v) is 11.6. The summed E-state index contributed by atoms with van der Waals surface area (Å²) in [5, 5.41) is 13.2. The van der Waals surface area contributed by atoms with Crippen LogP contribution in [-0.4, -0.2) is 25.2 Å². The zero-order valence-electron chi connectivity index (χ0n) is 20.9. The van der Waals surface area contributed by atoms with Crippen LogP contribution in [0.5, 0.6) is 0 Å². The van der Waals surface area contributed by atoms with Crippen LogP contribution in [0.3, 0.4) is 0 Å². The molecular formula is C25H50N4. The molecule has 4 nitrogen and oxygen atoms in total. The molecule has 2 atom stereocenters. The van der Waals surface area contributed by atoms with E-state index >= 15 is 0 Å². The van der Waals surface area contributed by atoms with E-state index in [-0.39, 0.29) is 5.41 Å². The van der Waals surface area contributed by atoms with Gasteiger partial charge in [-0.3, -0.25) is 0 Å². The fourth-order valence-corrected chi connectivity index (χ4v) is 3.81. The zero-order valence-corrected chi connectivity index (χ0v) is 20.9. The van der Waals surface area contributed by atoms with E-state index in [2.05, 4.69) is 90.2 Å². The van der Waals surface area contributed by atoms with Crippen molar-refractivity contribution in [3.8, 4) is 0 Å². The largest absolute Gasteiger partial charge is 0.347 e. The highest BCUT2D eigenvalue weighted by Gasteiger charge is 2.26. The molecule has 3 aliphatic rings. The molecule has 0 spiro atoms. The molecule has 4 N–H and O–H groups in total. The topological polar surface area (TPSA) is 48.1 Å². The van der Waals surface area contributed by atoms with Crippen molar-refractivity contribution >= 4 is 0 Å². The van der Waals surface area contributed by atoms with E-state index in [0.29, 0.717) is 10.8 Å². The number of hydrogen-bond acceptors (Lipinski definition) is 4. The van der Waals surface area contributed by atoms with Gasteiger partial charge in [0.2, 0.25) is 0 Å². The molecule has 4 heteroatoms. The van der Waals surface area contributed by atoms with Gasteiger partial charge in [0.1, 0.15) is 0 Å². The van der Waals surface area contributed by atoms with Crippen LogP contribution in [0, 0.1) is 16.2 Å². The summed E-state index contributed by atoms with van der Waals surface area (Å²) in [4.78, 5) is 0. The molecule has 0 aromatic heterocycles. The first-order chi connectivity index (χ1) is 13.2. The zero-order chi connectivity index (χ0) is 22.3. The summed E-state index contributed by atoms with van der Waals surface area (Å²) >= 11 is 0. The Labute approximate surface area is 181 Å². The van der Waals surface area contributed by atoms with E-state index < -0.39 is 0 Å². The highest BCUT2D eigenvalue weighted by molar-refractivity contribution is 5.21. The van der Waals surface area contributed by atoms with Crippen LogP contribution in [-0.2, 0) is 0 Å². The van der Waals surface area contributed by atoms with Crippen LogP contribution in [0.2, 0.25) is 0 Å². The van der Waals surface area contributed by atoms with Gasteiger partial charge in [-0.2, -0.15) is 0 Å². The minimum atomic E-state index is 0.187. The Bertz CT molecular complexity index is 516. The highest BCUT2D eigenvalue weighted by atomic mass is 15.1. The molecule has 0 radical (unpaired) electrons. The Morgan fingerprint density at radius 1 is 0.759 bits per heavy atom. The van der Waals surface area contributed by atoms with Crippen molar-refractivity contribution in [2.75, 3.05) is 13.1 Å². The fourth-order valence-electron chi connectivity index (χ4n) is 3.81. The maximum Gasteiger partial charge on any atom is 0.0995 e. The predicted octanol–water partition coefficient (Wildman–Crippen LogP) is 5.50. The lowest BCUT2D eigenvalue weighted by Gasteiger charge is -2.34. The maximum atomic E-state index is 3.74. The second-order valence-electron chi connectivity index (χ2n) is 11.9. The lowest BCUT2D eigenvalue weighted by Crippen LogP contribution is -2.43. The molecule has 2 fully saturated rings. The van der Waals surface area contributed by atoms with Crippen molar-refractivity contribution in [2.45, 2.75) is 107 Å². The molecule has 3 aliphatic heterocycles. The van der Waals surface area contributed by atoms with Crippen molar-refractivity contribution < 1.29 is 0 Å². The van der Waals surface area contributed by atoms with Gasteiger partial charge >= 0.3 is 0 Å². The minimum Gasteiger partial charge on any atom is -0.347 e. The molecule has 2 unspecified atom stereocenters. The Morgan fingerprint density at radius 3 is 1.48 bits per heavy atom. The van der Waals surface area contributed by atoms with Crippen molar-refractivity contribution in [1.82, 2.24) is 21.3 Å². The number of allylic oxidation sites excluding steroid dienone is 1. The van der Waals surface area contributed by atoms with Crippen LogP contribution < -0.4 is 21.3 Å². The molecule has 0 aromatic rings. The third kappa shape index (κ3) is 10.0. The third-order valence-electron chi connectivity index (χ3n) is 5.95. The van der Waals surface area contributed by atoms with Gasteiger partial charge in [-0.25, -0.2) is 0 Å². The molecule has 3 heterocycles. The van der Waals surface area contributed by atoms with Gasteiger partial charge < -0.3 is 21.3 Å². The van der Waals surface area contributed by atoms with E-state index in [1.165, 1.54) is 50.9 Å². The van der Waals surface area contributed by atoms with Crippen LogP contribution >= 0.6 is 0 Å². The molecule has 170 valence electrons. The molecule has 2 saturated heterocycles. The Balaban J connectivity index is 0.000000218. The van der Waals surface area contributed by atoms with Crippen LogP contribution in [0.4, 0.5) is 0 Å². The van der Waals surface area contributed by atoms with Crippen molar-refractivity contribution in [3.63, 3.8) is 0 Å². The number of hydrogen-bond donors (Lipinski definition) is 4. The van der Waals surface area contributed by atoms with Gasteiger partial charge in [-0.1, -0.05) is 75.3 Å². The smallest absolute Gasteiger partial charge is 0.0995 e. The Kier molecular flexibility index (Phi) is 9.75. The van der Waals surface area contributed by atoms with Crippen LogP contribution in [0.1, 0.15) is 94.4 Å². The summed E-state index contributed by atoms with van der Waals surface area (Å²) < 4.78 is 0.